The summed E-state index contributed by atoms with van der Waals surface area (Å²) in [4.78, 5) is 4.74. The molecule has 0 amide bonds. The molecule has 1 aromatic heterocycles. The van der Waals surface area contributed by atoms with Gasteiger partial charge in [-0.25, -0.2) is 4.98 Å². The molecule has 0 aliphatic carbocycles. The minimum absolute atomic E-state index is 0.755. The van der Waals surface area contributed by atoms with E-state index in [0.717, 1.165) is 32.7 Å². The second-order valence-corrected chi connectivity index (χ2v) is 6.92. The summed E-state index contributed by atoms with van der Waals surface area (Å²) in [5.41, 5.74) is 4.15. The zero-order valence-corrected chi connectivity index (χ0v) is 14.7. The first kappa shape index (κ1) is 15.2. The van der Waals surface area contributed by atoms with Gasteiger partial charge in [0.15, 0.2) is 5.13 Å². The average Bonchev–Trinajstić information content (AvgIpc) is 3.06. The summed E-state index contributed by atoms with van der Waals surface area (Å²) in [5.74, 6) is 0. The van der Waals surface area contributed by atoms with Crippen LogP contribution in [0.1, 0.15) is 5.56 Å². The Morgan fingerprint density at radius 1 is 1.00 bits per heavy atom. The summed E-state index contributed by atoms with van der Waals surface area (Å²) < 4.78 is 0. The number of nitrogens with one attached hydrogen (secondary N) is 1. The number of halogens is 1. The van der Waals surface area contributed by atoms with Crippen LogP contribution in [0.25, 0.3) is 22.0 Å². The van der Waals surface area contributed by atoms with E-state index in [0.29, 0.717) is 0 Å². The van der Waals surface area contributed by atoms with Crippen molar-refractivity contribution in [2.45, 2.75) is 6.92 Å². The van der Waals surface area contributed by atoms with E-state index < -0.39 is 0 Å². The van der Waals surface area contributed by atoms with Gasteiger partial charge in [0.25, 0.3) is 0 Å². The molecular formula is C20H15ClN2S. The summed E-state index contributed by atoms with van der Waals surface area (Å²) in [7, 11) is 0. The molecule has 0 unspecified atom stereocenters. The Bertz CT molecular complexity index is 1020. The highest BCUT2D eigenvalue weighted by atomic mass is 35.5. The van der Waals surface area contributed by atoms with Gasteiger partial charge in [0.05, 0.1) is 5.69 Å². The zero-order valence-electron chi connectivity index (χ0n) is 13.1. The molecule has 3 aromatic carbocycles. The van der Waals surface area contributed by atoms with Gasteiger partial charge in [0.2, 0.25) is 0 Å². The number of benzene rings is 3. The van der Waals surface area contributed by atoms with Gasteiger partial charge in [-0.15, -0.1) is 11.3 Å². The molecule has 118 valence electrons. The SMILES string of the molecule is Cc1ccc(Nc2nc(-c3cccc4ccccc34)cs2)cc1Cl. The van der Waals surface area contributed by atoms with Gasteiger partial charge in [-0.05, 0) is 35.4 Å². The predicted octanol–water partition coefficient (Wildman–Crippen LogP) is 6.67. The number of thiazole rings is 1. The second kappa shape index (κ2) is 6.27. The van der Waals surface area contributed by atoms with Crippen molar-refractivity contribution in [1.82, 2.24) is 4.98 Å². The van der Waals surface area contributed by atoms with Crippen molar-refractivity contribution in [3.05, 3.63) is 76.6 Å². The summed E-state index contributed by atoms with van der Waals surface area (Å²) in [5, 5.41) is 9.47. The molecule has 1 N–H and O–H groups in total. The molecule has 1 heterocycles. The smallest absolute Gasteiger partial charge is 0.187 e. The minimum atomic E-state index is 0.755. The normalized spacial score (nSPS) is 10.9. The van der Waals surface area contributed by atoms with Gasteiger partial charge < -0.3 is 5.32 Å². The Morgan fingerprint density at radius 3 is 2.71 bits per heavy atom. The van der Waals surface area contributed by atoms with E-state index in [4.69, 9.17) is 16.6 Å². The van der Waals surface area contributed by atoms with E-state index in [1.165, 1.54) is 10.8 Å². The van der Waals surface area contributed by atoms with Crippen molar-refractivity contribution in [3.8, 4) is 11.3 Å². The molecule has 0 fully saturated rings. The van der Waals surface area contributed by atoms with E-state index in [9.17, 15) is 0 Å². The summed E-state index contributed by atoms with van der Waals surface area (Å²) in [6.45, 7) is 1.99. The van der Waals surface area contributed by atoms with Crippen molar-refractivity contribution in [1.29, 1.82) is 0 Å². The van der Waals surface area contributed by atoms with Crippen LogP contribution in [0.3, 0.4) is 0 Å². The van der Waals surface area contributed by atoms with Crippen LogP contribution in [0.5, 0.6) is 0 Å². The van der Waals surface area contributed by atoms with Gasteiger partial charge >= 0.3 is 0 Å². The lowest BCUT2D eigenvalue weighted by Crippen LogP contribution is -1.90. The zero-order chi connectivity index (χ0) is 16.5. The molecule has 0 saturated carbocycles. The number of hydrogen-bond acceptors (Lipinski definition) is 3. The molecule has 24 heavy (non-hydrogen) atoms. The lowest BCUT2D eigenvalue weighted by atomic mass is 10.0. The first-order chi connectivity index (χ1) is 11.7. The fourth-order valence-electron chi connectivity index (χ4n) is 2.70. The van der Waals surface area contributed by atoms with Crippen LogP contribution in [0.4, 0.5) is 10.8 Å². The highest BCUT2D eigenvalue weighted by molar-refractivity contribution is 7.14. The van der Waals surface area contributed by atoms with Gasteiger partial charge in [-0.2, -0.15) is 0 Å². The van der Waals surface area contributed by atoms with Gasteiger partial charge in [-0.1, -0.05) is 60.1 Å². The minimum Gasteiger partial charge on any atom is -0.331 e. The summed E-state index contributed by atoms with van der Waals surface area (Å²) in [6, 6.07) is 20.6. The lowest BCUT2D eigenvalue weighted by molar-refractivity contribution is 1.38. The van der Waals surface area contributed by atoms with Crippen molar-refractivity contribution >= 4 is 44.5 Å². The van der Waals surface area contributed by atoms with Crippen LogP contribution in [0.2, 0.25) is 5.02 Å². The quantitative estimate of drug-likeness (QED) is 0.446. The number of nitrogens with zero attached hydrogens (tertiary/aromatic N) is 1. The number of rotatable bonds is 3. The number of hydrogen-bond donors (Lipinski definition) is 1. The third-order valence-corrected chi connectivity index (χ3v) is 5.16. The fraction of sp³-hybridized carbons (Fsp3) is 0.0500. The number of anilines is 2. The number of aryl methyl sites for hydroxylation is 1. The molecule has 0 aliphatic heterocycles. The Kier molecular flexibility index (Phi) is 3.97. The molecule has 0 spiro atoms. The van der Waals surface area contributed by atoms with Gasteiger partial charge in [0, 0.05) is 21.7 Å². The largest absolute Gasteiger partial charge is 0.331 e. The van der Waals surface area contributed by atoms with Crippen molar-refractivity contribution < 1.29 is 0 Å². The maximum atomic E-state index is 6.19. The highest BCUT2D eigenvalue weighted by Crippen LogP contribution is 2.32. The van der Waals surface area contributed by atoms with Crippen LogP contribution in [0.15, 0.2) is 66.0 Å². The topological polar surface area (TPSA) is 24.9 Å². The summed E-state index contributed by atoms with van der Waals surface area (Å²) in [6.07, 6.45) is 0. The maximum Gasteiger partial charge on any atom is 0.187 e. The second-order valence-electron chi connectivity index (χ2n) is 5.65. The van der Waals surface area contributed by atoms with Gasteiger partial charge in [-0.3, -0.25) is 0 Å². The Morgan fingerprint density at radius 2 is 1.83 bits per heavy atom. The van der Waals surface area contributed by atoms with E-state index in [1.54, 1.807) is 11.3 Å². The van der Waals surface area contributed by atoms with E-state index in [2.05, 4.69) is 53.2 Å². The molecular weight excluding hydrogens is 336 g/mol. The van der Waals surface area contributed by atoms with Crippen LogP contribution in [-0.2, 0) is 0 Å². The van der Waals surface area contributed by atoms with Gasteiger partial charge in [0.1, 0.15) is 0 Å². The maximum absolute atomic E-state index is 6.19. The number of fused-ring (bicyclic) bond motifs is 1. The predicted molar refractivity (Wildman–Crippen MR) is 105 cm³/mol. The first-order valence-electron chi connectivity index (χ1n) is 7.67. The fourth-order valence-corrected chi connectivity index (χ4v) is 3.61. The van der Waals surface area contributed by atoms with Crippen molar-refractivity contribution in [2.75, 3.05) is 5.32 Å². The lowest BCUT2D eigenvalue weighted by Gasteiger charge is -2.05. The Balaban J connectivity index is 1.68. The van der Waals surface area contributed by atoms with Crippen LogP contribution < -0.4 is 5.32 Å². The standard InChI is InChI=1S/C20H15ClN2S/c1-13-9-10-15(11-18(13)21)22-20-23-19(12-24-20)17-8-4-6-14-5-2-3-7-16(14)17/h2-12H,1H3,(H,22,23). The van der Waals surface area contributed by atoms with E-state index in [-0.39, 0.29) is 0 Å². The molecule has 4 rings (SSSR count). The first-order valence-corrected chi connectivity index (χ1v) is 8.93. The van der Waals surface area contributed by atoms with E-state index in [1.807, 2.05) is 25.1 Å². The highest BCUT2D eigenvalue weighted by Gasteiger charge is 2.08. The molecule has 0 bridgehead atoms. The van der Waals surface area contributed by atoms with Crippen molar-refractivity contribution in [3.63, 3.8) is 0 Å². The molecule has 0 atom stereocenters. The molecule has 2 nitrogen and oxygen atoms in total. The third kappa shape index (κ3) is 2.88. The summed E-state index contributed by atoms with van der Waals surface area (Å²) >= 11 is 7.78. The molecule has 4 aromatic rings. The Labute approximate surface area is 149 Å². The third-order valence-electron chi connectivity index (χ3n) is 3.99. The Hall–Kier alpha value is -2.36. The molecule has 0 saturated heterocycles. The monoisotopic (exact) mass is 350 g/mol. The van der Waals surface area contributed by atoms with E-state index >= 15 is 0 Å². The molecule has 0 radical (unpaired) electrons. The van der Waals surface area contributed by atoms with Crippen molar-refractivity contribution in [2.24, 2.45) is 0 Å². The van der Waals surface area contributed by atoms with Crippen LogP contribution in [0, 0.1) is 6.92 Å². The van der Waals surface area contributed by atoms with Crippen LogP contribution >= 0.6 is 22.9 Å². The molecule has 0 aliphatic rings. The average molecular weight is 351 g/mol. The van der Waals surface area contributed by atoms with Crippen LogP contribution in [-0.4, -0.2) is 4.98 Å². The number of aromatic nitrogens is 1. The molecule has 4 heteroatoms.